The van der Waals surface area contributed by atoms with Crippen molar-refractivity contribution in [1.82, 2.24) is 12.3 Å². The van der Waals surface area contributed by atoms with Gasteiger partial charge in [0.1, 0.15) is 0 Å². The molecule has 0 unspecified atom stereocenters. The van der Waals surface area contributed by atoms with Gasteiger partial charge < -0.3 is 27.0 Å². The van der Waals surface area contributed by atoms with E-state index in [1.807, 2.05) is 0 Å². The summed E-state index contributed by atoms with van der Waals surface area (Å²) in [7, 11) is 0. The predicted molar refractivity (Wildman–Crippen MR) is 21.8 cm³/mol. The van der Waals surface area contributed by atoms with Gasteiger partial charge in [0.25, 0.3) is 0 Å². The predicted octanol–water partition coefficient (Wildman–Crippen LogP) is -1.50. The van der Waals surface area contributed by atoms with E-state index in [1.165, 1.54) is 0 Å². The molecule has 0 aliphatic heterocycles. The first-order valence-corrected chi connectivity index (χ1v) is 0. The van der Waals surface area contributed by atoms with Gasteiger partial charge in [0.2, 0.25) is 0 Å². The Morgan fingerprint density at radius 2 is 0.600 bits per heavy atom. The van der Waals surface area contributed by atoms with Crippen LogP contribution in [0.3, 0.4) is 0 Å². The maximum Gasteiger partial charge on any atom is 2.00 e. The molecular formula is H2N2S2Tc. The van der Waals surface area contributed by atoms with Crippen LogP contribution in [-0.4, -0.2) is 0 Å². The van der Waals surface area contributed by atoms with Crippen molar-refractivity contribution in [2.45, 2.75) is 0 Å². The molecule has 5 heteroatoms. The van der Waals surface area contributed by atoms with Crippen LogP contribution in [0.4, 0.5) is 0 Å². The van der Waals surface area contributed by atoms with Crippen molar-refractivity contribution in [3.05, 3.63) is 0 Å². The molecule has 0 atom stereocenters. The second kappa shape index (κ2) is 59.6. The summed E-state index contributed by atoms with van der Waals surface area (Å²) in [6.45, 7) is 0. The Kier molecular flexibility index (Phi) is 1290. The molecule has 31 valence electrons. The summed E-state index contributed by atoms with van der Waals surface area (Å²) < 4.78 is 0. The van der Waals surface area contributed by atoms with Crippen molar-refractivity contribution in [2.24, 2.45) is 0 Å². The van der Waals surface area contributed by atoms with Gasteiger partial charge in [0, 0.05) is 12.3 Å². The Labute approximate surface area is 59.5 Å². The zero-order valence-electron chi connectivity index (χ0n) is 2.17. The molecule has 0 aliphatic rings. The molecule has 2 nitrogen and oxygen atoms in total. The Balaban J connectivity index is 0. The van der Waals surface area contributed by atoms with Crippen molar-refractivity contribution in [1.29, 1.82) is 0 Å². The second-order valence-corrected chi connectivity index (χ2v) is 0. The number of rotatable bonds is 0. The summed E-state index contributed by atoms with van der Waals surface area (Å²) in [6.07, 6.45) is 0. The fourth-order valence-corrected chi connectivity index (χ4v) is 0. The number of hydrogen-bond acceptors (Lipinski definition) is 2. The van der Waals surface area contributed by atoms with Crippen LogP contribution in [0, 0.1) is 0 Å². The quantitative estimate of drug-likeness (QED) is 0.346. The first-order chi connectivity index (χ1) is 0. The van der Waals surface area contributed by atoms with E-state index in [0.717, 1.165) is 0 Å². The summed E-state index contributed by atoms with van der Waals surface area (Å²) in [6, 6.07) is 0. The van der Waals surface area contributed by atoms with Gasteiger partial charge in [0.05, 0.1) is 0 Å². The maximum atomic E-state index is 0. The number of nitrogens with zero attached hydrogens (tertiary/aromatic N) is 2. The molecule has 5 heavy (non-hydrogen) atoms. The van der Waals surface area contributed by atoms with E-state index in [9.17, 15) is 0 Å². The minimum atomic E-state index is 0. The Morgan fingerprint density at radius 1 is 0.600 bits per heavy atom. The summed E-state index contributed by atoms with van der Waals surface area (Å²) in [4.78, 5) is 0. The molecule has 0 rings (SSSR count). The van der Waals surface area contributed by atoms with Crippen molar-refractivity contribution in [3.63, 3.8) is 0 Å². The SMILES string of the molecule is [N].[N].[SH-].[SH-].[Tc+2]. The molecule has 0 aromatic heterocycles. The third-order valence-corrected chi connectivity index (χ3v) is 0. The monoisotopic (exact) mass is 191 g/mol. The van der Waals surface area contributed by atoms with Gasteiger partial charge in [-0.3, -0.25) is 0 Å². The fraction of sp³-hybridized carbons (Fsp3) is 0. The molecule has 0 aromatic rings. The smallest absolute Gasteiger partial charge is 0.813 e. The van der Waals surface area contributed by atoms with Gasteiger partial charge in [-0.15, -0.1) is 0 Å². The molecule has 0 aliphatic carbocycles. The van der Waals surface area contributed by atoms with Gasteiger partial charge in [0.15, 0.2) is 0 Å². The van der Waals surface area contributed by atoms with E-state index >= 15 is 0 Å². The third-order valence-electron chi connectivity index (χ3n) is 0. The van der Waals surface area contributed by atoms with Crippen LogP contribution in [0.1, 0.15) is 0 Å². The van der Waals surface area contributed by atoms with Crippen molar-refractivity contribution in [2.75, 3.05) is 0 Å². The molecule has 0 heterocycles. The molecule has 0 fully saturated rings. The van der Waals surface area contributed by atoms with Gasteiger partial charge in [-0.2, -0.15) is 0 Å². The molecule has 0 N–H and O–H groups in total. The summed E-state index contributed by atoms with van der Waals surface area (Å²) in [5.41, 5.74) is 0. The van der Waals surface area contributed by atoms with E-state index in [2.05, 4.69) is 0 Å². The number of hydrogen-bond donors (Lipinski definition) is 0. The standard InChI is InChI=1S/2N.2H2S.Tc/h;;2*1H2;/q;;;;+2/p-2. The zero-order chi connectivity index (χ0) is 0. The summed E-state index contributed by atoms with van der Waals surface area (Å²) in [5, 5.41) is 0. The molecule has 0 aromatic carbocycles. The van der Waals surface area contributed by atoms with E-state index < -0.39 is 0 Å². The molecule has 0 saturated carbocycles. The average Bonchev–Trinajstić information content (AvgIpc) is 0. The van der Waals surface area contributed by atoms with E-state index in [0.29, 0.717) is 0 Å². The largest absolute Gasteiger partial charge is 2.00 e. The average molecular weight is 192 g/mol. The molecule has 0 saturated heterocycles. The molecule has 0 amide bonds. The zero-order valence-corrected chi connectivity index (χ0v) is 5.81. The van der Waals surface area contributed by atoms with Crippen LogP contribution in [0.2, 0.25) is 0 Å². The maximum absolute atomic E-state index is 0. The van der Waals surface area contributed by atoms with Gasteiger partial charge in [-0.1, -0.05) is 0 Å². The molecule has 7 radical (unpaired) electrons. The minimum Gasteiger partial charge on any atom is -0.813 e. The van der Waals surface area contributed by atoms with Gasteiger partial charge in [-0.05, 0) is 0 Å². The molecule has 0 bridgehead atoms. The molecular weight excluding hydrogens is 190 g/mol. The normalized spacial score (nSPS) is 0. The number of thiol groups is 2. The topological polar surface area (TPSA) is 61.0 Å². The van der Waals surface area contributed by atoms with Crippen LogP contribution in [-0.2, 0) is 47.1 Å². The minimum absolute atomic E-state index is 0. The van der Waals surface area contributed by atoms with E-state index in [-0.39, 0.29) is 59.4 Å². The second-order valence-electron chi connectivity index (χ2n) is 0. The van der Waals surface area contributed by atoms with E-state index in [4.69, 9.17) is 0 Å². The summed E-state index contributed by atoms with van der Waals surface area (Å²) >= 11 is 0. The van der Waals surface area contributed by atoms with Gasteiger partial charge >= 0.3 is 20.1 Å². The van der Waals surface area contributed by atoms with Crippen LogP contribution in [0.5, 0.6) is 0 Å². The Morgan fingerprint density at radius 3 is 0.600 bits per heavy atom. The van der Waals surface area contributed by atoms with Crippen LogP contribution < -0.4 is 12.3 Å². The summed E-state index contributed by atoms with van der Waals surface area (Å²) in [5.74, 6) is 0. The van der Waals surface area contributed by atoms with Crippen LogP contribution in [0.25, 0.3) is 0 Å². The van der Waals surface area contributed by atoms with E-state index in [1.54, 1.807) is 0 Å². The Bertz CT molecular complexity index is 7.61. The van der Waals surface area contributed by atoms with Crippen LogP contribution in [0.15, 0.2) is 0 Å². The molecule has 0 spiro atoms. The first-order valence-electron chi connectivity index (χ1n) is 0. The van der Waals surface area contributed by atoms with Crippen LogP contribution >= 0.6 is 0 Å². The third kappa shape index (κ3) is 35.0. The van der Waals surface area contributed by atoms with Crippen molar-refractivity contribution >= 4 is 27.0 Å². The Hall–Kier alpha value is 1.27. The first kappa shape index (κ1) is 108. The van der Waals surface area contributed by atoms with Crippen molar-refractivity contribution < 1.29 is 20.1 Å². The fourth-order valence-electron chi connectivity index (χ4n) is 0. The van der Waals surface area contributed by atoms with Crippen molar-refractivity contribution in [3.8, 4) is 0 Å². The van der Waals surface area contributed by atoms with Gasteiger partial charge in [-0.25, -0.2) is 0 Å².